The SMILES string of the molecule is SC1(S)C=CC(c2ccc(-c3ccccc3)cc2)=CC1. The molecule has 2 aromatic carbocycles. The zero-order chi connectivity index (χ0) is 14.0. The van der Waals surface area contributed by atoms with Crippen LogP contribution in [0.2, 0.25) is 0 Å². The highest BCUT2D eigenvalue weighted by atomic mass is 32.2. The summed E-state index contributed by atoms with van der Waals surface area (Å²) in [6, 6.07) is 19.1. The summed E-state index contributed by atoms with van der Waals surface area (Å²) >= 11 is 8.94. The zero-order valence-electron chi connectivity index (χ0n) is 11.0. The largest absolute Gasteiger partial charge is 0.157 e. The molecule has 0 spiro atoms. The van der Waals surface area contributed by atoms with E-state index in [2.05, 4.69) is 85.9 Å². The van der Waals surface area contributed by atoms with Gasteiger partial charge in [0.15, 0.2) is 0 Å². The average Bonchev–Trinajstić information content (AvgIpc) is 2.48. The molecule has 100 valence electrons. The number of benzene rings is 2. The van der Waals surface area contributed by atoms with E-state index in [4.69, 9.17) is 0 Å². The Kier molecular flexibility index (Phi) is 3.77. The molecular weight excluding hydrogens is 280 g/mol. The van der Waals surface area contributed by atoms with E-state index in [1.807, 2.05) is 12.1 Å². The summed E-state index contributed by atoms with van der Waals surface area (Å²) in [7, 11) is 0. The van der Waals surface area contributed by atoms with Crippen LogP contribution in [0.5, 0.6) is 0 Å². The summed E-state index contributed by atoms with van der Waals surface area (Å²) in [5.41, 5.74) is 4.96. The van der Waals surface area contributed by atoms with E-state index in [0.29, 0.717) is 0 Å². The minimum absolute atomic E-state index is 0.312. The summed E-state index contributed by atoms with van der Waals surface area (Å²) in [6.45, 7) is 0. The van der Waals surface area contributed by atoms with Crippen LogP contribution < -0.4 is 0 Å². The Labute approximate surface area is 131 Å². The molecule has 0 saturated carbocycles. The summed E-state index contributed by atoms with van der Waals surface area (Å²) < 4.78 is -0.312. The molecule has 0 radical (unpaired) electrons. The molecule has 0 nitrogen and oxygen atoms in total. The molecule has 0 amide bonds. The maximum absolute atomic E-state index is 4.47. The van der Waals surface area contributed by atoms with Crippen LogP contribution in [0.4, 0.5) is 0 Å². The van der Waals surface area contributed by atoms with Gasteiger partial charge in [-0.2, -0.15) is 25.3 Å². The highest BCUT2D eigenvalue weighted by Gasteiger charge is 2.18. The lowest BCUT2D eigenvalue weighted by molar-refractivity contribution is 1.01. The fourth-order valence-corrected chi connectivity index (χ4v) is 2.65. The van der Waals surface area contributed by atoms with Gasteiger partial charge in [-0.1, -0.05) is 72.8 Å². The molecule has 0 N–H and O–H groups in total. The molecule has 1 aliphatic rings. The van der Waals surface area contributed by atoms with Crippen molar-refractivity contribution in [1.29, 1.82) is 0 Å². The highest BCUT2D eigenvalue weighted by molar-refractivity contribution is 8.00. The minimum Gasteiger partial charge on any atom is -0.157 e. The predicted octanol–water partition coefficient (Wildman–Crippen LogP) is 5.25. The van der Waals surface area contributed by atoms with E-state index in [0.717, 1.165) is 6.42 Å². The maximum atomic E-state index is 4.47. The molecule has 2 heteroatoms. The first kappa shape index (κ1) is 13.6. The number of hydrogen-bond donors (Lipinski definition) is 2. The summed E-state index contributed by atoms with van der Waals surface area (Å²) in [5.74, 6) is 0. The Morgan fingerprint density at radius 2 is 1.35 bits per heavy atom. The van der Waals surface area contributed by atoms with E-state index in [1.165, 1.54) is 22.3 Å². The van der Waals surface area contributed by atoms with Gasteiger partial charge in [0, 0.05) is 0 Å². The van der Waals surface area contributed by atoms with Crippen LogP contribution in [0, 0.1) is 0 Å². The maximum Gasteiger partial charge on any atom is 0.0770 e. The lowest BCUT2D eigenvalue weighted by Crippen LogP contribution is -2.10. The molecule has 20 heavy (non-hydrogen) atoms. The molecule has 0 bridgehead atoms. The van der Waals surface area contributed by atoms with Crippen molar-refractivity contribution in [3.05, 3.63) is 78.4 Å². The molecule has 0 aliphatic heterocycles. The smallest absolute Gasteiger partial charge is 0.0770 e. The third kappa shape index (κ3) is 3.02. The van der Waals surface area contributed by atoms with Gasteiger partial charge in [0.25, 0.3) is 0 Å². The Morgan fingerprint density at radius 1 is 0.750 bits per heavy atom. The van der Waals surface area contributed by atoms with Gasteiger partial charge in [-0.05, 0) is 28.7 Å². The first-order chi connectivity index (χ1) is 9.64. The zero-order valence-corrected chi connectivity index (χ0v) is 12.8. The van der Waals surface area contributed by atoms with Crippen LogP contribution in [-0.2, 0) is 0 Å². The molecule has 0 unspecified atom stereocenters. The van der Waals surface area contributed by atoms with Crippen LogP contribution in [0.15, 0.2) is 72.8 Å². The Morgan fingerprint density at radius 3 is 1.95 bits per heavy atom. The number of hydrogen-bond acceptors (Lipinski definition) is 2. The van der Waals surface area contributed by atoms with Crippen molar-refractivity contribution >= 4 is 30.8 Å². The second-order valence-electron chi connectivity index (χ2n) is 5.02. The van der Waals surface area contributed by atoms with Crippen molar-refractivity contribution in [3.8, 4) is 11.1 Å². The van der Waals surface area contributed by atoms with E-state index < -0.39 is 0 Å². The fourth-order valence-electron chi connectivity index (χ4n) is 2.32. The predicted molar refractivity (Wildman–Crippen MR) is 94.3 cm³/mol. The third-order valence-electron chi connectivity index (χ3n) is 3.48. The molecule has 0 aromatic heterocycles. The molecule has 0 saturated heterocycles. The normalized spacial score (nSPS) is 16.8. The third-order valence-corrected chi connectivity index (χ3v) is 4.14. The molecule has 0 fully saturated rings. The van der Waals surface area contributed by atoms with Crippen molar-refractivity contribution in [2.45, 2.75) is 10.5 Å². The number of thiol groups is 2. The van der Waals surface area contributed by atoms with Gasteiger partial charge >= 0.3 is 0 Å². The van der Waals surface area contributed by atoms with Crippen LogP contribution in [0.3, 0.4) is 0 Å². The standard InChI is InChI=1S/C18H16S2/c19-18(20)12-10-17(11-13-18)16-8-6-15(7-9-16)14-4-2-1-3-5-14/h1-12,19-20H,13H2. The summed E-state index contributed by atoms with van der Waals surface area (Å²) in [6.07, 6.45) is 7.17. The van der Waals surface area contributed by atoms with Crippen molar-refractivity contribution in [3.63, 3.8) is 0 Å². The molecular formula is C18H16S2. The molecule has 3 rings (SSSR count). The van der Waals surface area contributed by atoms with Gasteiger partial charge in [0.2, 0.25) is 0 Å². The first-order valence-corrected chi connectivity index (χ1v) is 7.53. The Balaban J connectivity index is 1.85. The highest BCUT2D eigenvalue weighted by Crippen LogP contribution is 2.34. The van der Waals surface area contributed by atoms with Crippen LogP contribution in [0.25, 0.3) is 16.7 Å². The lowest BCUT2D eigenvalue weighted by atomic mass is 9.96. The summed E-state index contributed by atoms with van der Waals surface area (Å²) in [4.78, 5) is 0. The number of rotatable bonds is 2. The Hall–Kier alpha value is -1.38. The van der Waals surface area contributed by atoms with E-state index in [9.17, 15) is 0 Å². The van der Waals surface area contributed by atoms with Gasteiger partial charge in [0.1, 0.15) is 0 Å². The summed E-state index contributed by atoms with van der Waals surface area (Å²) in [5, 5.41) is 0. The van der Waals surface area contributed by atoms with Crippen molar-refractivity contribution in [2.75, 3.05) is 0 Å². The van der Waals surface area contributed by atoms with Gasteiger partial charge in [-0.25, -0.2) is 0 Å². The average molecular weight is 296 g/mol. The first-order valence-electron chi connectivity index (χ1n) is 6.64. The monoisotopic (exact) mass is 296 g/mol. The van der Waals surface area contributed by atoms with Crippen LogP contribution in [0.1, 0.15) is 12.0 Å². The van der Waals surface area contributed by atoms with Crippen LogP contribution in [-0.4, -0.2) is 4.08 Å². The van der Waals surface area contributed by atoms with Crippen molar-refractivity contribution in [2.24, 2.45) is 0 Å². The topological polar surface area (TPSA) is 0 Å². The molecule has 2 aromatic rings. The quantitative estimate of drug-likeness (QED) is 0.548. The van der Waals surface area contributed by atoms with Gasteiger partial charge in [-0.3, -0.25) is 0 Å². The fraction of sp³-hybridized carbons (Fsp3) is 0.111. The lowest BCUT2D eigenvalue weighted by Gasteiger charge is -2.21. The second-order valence-corrected chi connectivity index (χ2v) is 6.97. The van der Waals surface area contributed by atoms with Gasteiger partial charge in [-0.15, -0.1) is 0 Å². The van der Waals surface area contributed by atoms with Gasteiger partial charge in [0.05, 0.1) is 4.08 Å². The van der Waals surface area contributed by atoms with Crippen molar-refractivity contribution < 1.29 is 0 Å². The van der Waals surface area contributed by atoms with Gasteiger partial charge < -0.3 is 0 Å². The Bertz CT molecular complexity index is 650. The van der Waals surface area contributed by atoms with Crippen molar-refractivity contribution in [1.82, 2.24) is 0 Å². The number of allylic oxidation sites excluding steroid dienone is 3. The van der Waals surface area contributed by atoms with Crippen LogP contribution >= 0.6 is 25.3 Å². The van der Waals surface area contributed by atoms with E-state index in [1.54, 1.807) is 0 Å². The van der Waals surface area contributed by atoms with E-state index >= 15 is 0 Å². The van der Waals surface area contributed by atoms with E-state index in [-0.39, 0.29) is 4.08 Å². The molecule has 1 aliphatic carbocycles. The second kappa shape index (κ2) is 5.55. The molecule has 0 atom stereocenters. The minimum atomic E-state index is -0.312. The molecule has 0 heterocycles.